The van der Waals surface area contributed by atoms with Crippen LogP contribution in [-0.4, -0.2) is 35.4 Å². The Labute approximate surface area is 99.6 Å². The zero-order chi connectivity index (χ0) is 12.3. The summed E-state index contributed by atoms with van der Waals surface area (Å²) >= 11 is 0. The summed E-state index contributed by atoms with van der Waals surface area (Å²) in [4.78, 5) is 17.6. The number of halogens is 1. The van der Waals surface area contributed by atoms with E-state index in [4.69, 9.17) is 5.73 Å². The zero-order valence-electron chi connectivity index (χ0n) is 9.60. The first kappa shape index (κ1) is 12.0. The predicted octanol–water partition coefficient (Wildman–Crippen LogP) is 1.03. The summed E-state index contributed by atoms with van der Waals surface area (Å²) < 4.78 is 12.7. The minimum absolute atomic E-state index is 0.121. The lowest BCUT2D eigenvalue weighted by Gasteiger charge is -2.15. The Bertz CT molecular complexity index is 393. The minimum atomic E-state index is -0.427. The maximum absolute atomic E-state index is 12.7. The summed E-state index contributed by atoms with van der Waals surface area (Å²) in [6.45, 7) is 2.12. The van der Waals surface area contributed by atoms with E-state index < -0.39 is 5.82 Å². The molecule has 2 N–H and O–H groups in total. The van der Waals surface area contributed by atoms with Crippen molar-refractivity contribution < 1.29 is 9.18 Å². The zero-order valence-corrected chi connectivity index (χ0v) is 9.60. The molecule has 0 aromatic carbocycles. The van der Waals surface area contributed by atoms with Crippen LogP contribution in [0.5, 0.6) is 0 Å². The van der Waals surface area contributed by atoms with E-state index in [1.165, 1.54) is 12.1 Å². The largest absolute Gasteiger partial charge is 0.337 e. The first-order valence-electron chi connectivity index (χ1n) is 5.81. The van der Waals surface area contributed by atoms with Crippen LogP contribution >= 0.6 is 0 Å². The molecular weight excluding hydrogens is 221 g/mol. The monoisotopic (exact) mass is 237 g/mol. The van der Waals surface area contributed by atoms with Gasteiger partial charge in [0.1, 0.15) is 11.5 Å². The molecule has 5 heteroatoms. The van der Waals surface area contributed by atoms with Crippen LogP contribution in [0.4, 0.5) is 4.39 Å². The molecular formula is C12H16FN3O. The third kappa shape index (κ3) is 2.79. The summed E-state index contributed by atoms with van der Waals surface area (Å²) in [5.74, 6) is -0.0575. The van der Waals surface area contributed by atoms with Gasteiger partial charge in [0.25, 0.3) is 5.91 Å². The van der Waals surface area contributed by atoms with Gasteiger partial charge in [0, 0.05) is 13.1 Å². The summed E-state index contributed by atoms with van der Waals surface area (Å²) in [6, 6.07) is 2.68. The number of hydrogen-bond donors (Lipinski definition) is 1. The Morgan fingerprint density at radius 2 is 2.41 bits per heavy atom. The van der Waals surface area contributed by atoms with Gasteiger partial charge in [0.05, 0.1) is 6.20 Å². The van der Waals surface area contributed by atoms with Crippen LogP contribution in [-0.2, 0) is 0 Å². The average molecular weight is 237 g/mol. The van der Waals surface area contributed by atoms with E-state index in [1.807, 2.05) is 0 Å². The van der Waals surface area contributed by atoms with Crippen molar-refractivity contribution >= 4 is 5.91 Å². The van der Waals surface area contributed by atoms with Gasteiger partial charge in [-0.1, -0.05) is 0 Å². The average Bonchev–Trinajstić information content (AvgIpc) is 2.78. The highest BCUT2D eigenvalue weighted by Gasteiger charge is 2.26. The number of rotatable bonds is 3. The van der Waals surface area contributed by atoms with Crippen molar-refractivity contribution in [1.29, 1.82) is 0 Å². The molecule has 2 heterocycles. The Morgan fingerprint density at radius 3 is 3.06 bits per heavy atom. The smallest absolute Gasteiger partial charge is 0.272 e. The molecule has 0 saturated carbocycles. The van der Waals surface area contributed by atoms with E-state index in [0.29, 0.717) is 18.2 Å². The van der Waals surface area contributed by atoms with E-state index in [9.17, 15) is 9.18 Å². The maximum Gasteiger partial charge on any atom is 0.272 e. The van der Waals surface area contributed by atoms with Gasteiger partial charge in [-0.05, 0) is 37.4 Å². The quantitative estimate of drug-likeness (QED) is 0.854. The number of carbonyl (C=O) groups excluding carboxylic acids is 1. The molecule has 0 aliphatic carbocycles. The van der Waals surface area contributed by atoms with Crippen molar-refractivity contribution in [3.8, 4) is 0 Å². The second-order valence-corrected chi connectivity index (χ2v) is 4.34. The van der Waals surface area contributed by atoms with E-state index in [2.05, 4.69) is 4.98 Å². The fraction of sp³-hybridized carbons (Fsp3) is 0.500. The molecule has 1 unspecified atom stereocenters. The first-order valence-corrected chi connectivity index (χ1v) is 5.81. The molecule has 1 aromatic heterocycles. The third-order valence-electron chi connectivity index (χ3n) is 3.09. The normalized spacial score (nSPS) is 19.6. The van der Waals surface area contributed by atoms with Gasteiger partial charge in [-0.15, -0.1) is 0 Å². The lowest BCUT2D eigenvalue weighted by molar-refractivity contribution is 0.0781. The molecule has 92 valence electrons. The Balaban J connectivity index is 1.99. The minimum Gasteiger partial charge on any atom is -0.337 e. The molecule has 1 fully saturated rings. The maximum atomic E-state index is 12.7. The van der Waals surface area contributed by atoms with E-state index in [-0.39, 0.29) is 5.91 Å². The van der Waals surface area contributed by atoms with Crippen LogP contribution in [0.2, 0.25) is 0 Å². The first-order chi connectivity index (χ1) is 8.20. The summed E-state index contributed by atoms with van der Waals surface area (Å²) in [7, 11) is 0. The van der Waals surface area contributed by atoms with Gasteiger partial charge < -0.3 is 10.6 Å². The lowest BCUT2D eigenvalue weighted by atomic mass is 10.1. The lowest BCUT2D eigenvalue weighted by Crippen LogP contribution is -2.29. The number of aromatic nitrogens is 1. The third-order valence-corrected chi connectivity index (χ3v) is 3.09. The Kier molecular flexibility index (Phi) is 3.68. The van der Waals surface area contributed by atoms with E-state index in [1.54, 1.807) is 4.90 Å². The highest BCUT2D eigenvalue weighted by Crippen LogP contribution is 2.20. The van der Waals surface area contributed by atoms with Gasteiger partial charge in [0.15, 0.2) is 0 Å². The van der Waals surface area contributed by atoms with Gasteiger partial charge in [-0.3, -0.25) is 4.79 Å². The van der Waals surface area contributed by atoms with E-state index in [0.717, 1.165) is 32.1 Å². The highest BCUT2D eigenvalue weighted by molar-refractivity contribution is 5.92. The number of amides is 1. The van der Waals surface area contributed by atoms with Crippen LogP contribution in [0.1, 0.15) is 23.3 Å². The number of nitrogens with zero attached hydrogens (tertiary/aromatic N) is 2. The highest BCUT2D eigenvalue weighted by atomic mass is 19.1. The summed E-state index contributed by atoms with van der Waals surface area (Å²) in [5, 5.41) is 0. The molecule has 1 atom stereocenters. The number of nitrogens with two attached hydrogens (primary N) is 1. The standard InChI is InChI=1S/C12H16FN3O/c13-10-1-2-11(15-7-10)12(17)16-6-4-9(8-16)3-5-14/h1-2,7,9H,3-6,8,14H2. The Morgan fingerprint density at radius 1 is 1.59 bits per heavy atom. The van der Waals surface area contributed by atoms with Crippen molar-refractivity contribution in [1.82, 2.24) is 9.88 Å². The SMILES string of the molecule is NCCC1CCN(C(=O)c2ccc(F)cn2)C1. The van der Waals surface area contributed by atoms with Crippen LogP contribution in [0.25, 0.3) is 0 Å². The molecule has 0 spiro atoms. The molecule has 1 saturated heterocycles. The van der Waals surface area contributed by atoms with Crippen molar-refractivity contribution in [2.24, 2.45) is 11.7 Å². The van der Waals surface area contributed by atoms with E-state index >= 15 is 0 Å². The molecule has 1 aliphatic rings. The summed E-state index contributed by atoms with van der Waals surface area (Å²) in [6.07, 6.45) is 3.01. The fourth-order valence-corrected chi connectivity index (χ4v) is 2.15. The molecule has 1 aromatic rings. The Hall–Kier alpha value is -1.49. The molecule has 0 radical (unpaired) electrons. The molecule has 0 bridgehead atoms. The molecule has 1 aliphatic heterocycles. The van der Waals surface area contributed by atoms with Gasteiger partial charge in [0.2, 0.25) is 0 Å². The van der Waals surface area contributed by atoms with Crippen molar-refractivity contribution in [2.45, 2.75) is 12.8 Å². The molecule has 1 amide bonds. The second kappa shape index (κ2) is 5.23. The van der Waals surface area contributed by atoms with Crippen molar-refractivity contribution in [3.05, 3.63) is 29.8 Å². The molecule has 4 nitrogen and oxygen atoms in total. The van der Waals surface area contributed by atoms with Gasteiger partial charge in [-0.25, -0.2) is 9.37 Å². The van der Waals surface area contributed by atoms with Crippen molar-refractivity contribution in [2.75, 3.05) is 19.6 Å². The van der Waals surface area contributed by atoms with Crippen LogP contribution in [0.3, 0.4) is 0 Å². The van der Waals surface area contributed by atoms with Crippen LogP contribution in [0.15, 0.2) is 18.3 Å². The predicted molar refractivity (Wildman–Crippen MR) is 61.9 cm³/mol. The summed E-state index contributed by atoms with van der Waals surface area (Å²) in [5.41, 5.74) is 5.81. The molecule has 2 rings (SSSR count). The number of carbonyl (C=O) groups is 1. The van der Waals surface area contributed by atoms with Gasteiger partial charge in [-0.2, -0.15) is 0 Å². The van der Waals surface area contributed by atoms with Crippen molar-refractivity contribution in [3.63, 3.8) is 0 Å². The number of pyridine rings is 1. The van der Waals surface area contributed by atoms with Crippen LogP contribution < -0.4 is 5.73 Å². The fourth-order valence-electron chi connectivity index (χ4n) is 2.15. The molecule has 17 heavy (non-hydrogen) atoms. The topological polar surface area (TPSA) is 59.2 Å². The number of hydrogen-bond acceptors (Lipinski definition) is 3. The van der Waals surface area contributed by atoms with Crippen LogP contribution in [0, 0.1) is 11.7 Å². The second-order valence-electron chi connectivity index (χ2n) is 4.34. The van der Waals surface area contributed by atoms with Gasteiger partial charge >= 0.3 is 0 Å². The number of likely N-dealkylation sites (tertiary alicyclic amines) is 1.